The van der Waals surface area contributed by atoms with Crippen molar-refractivity contribution in [2.24, 2.45) is 0 Å². The van der Waals surface area contributed by atoms with Gasteiger partial charge in [0.25, 0.3) is 0 Å². The van der Waals surface area contributed by atoms with Crippen LogP contribution in [0.4, 0.5) is 0 Å². The molecule has 6 heteroatoms. The number of ether oxygens (including phenoxy) is 3. The molecule has 0 spiro atoms. The van der Waals surface area contributed by atoms with Crippen LogP contribution in [-0.2, 0) is 28.6 Å². The molecule has 0 fully saturated rings. The summed E-state index contributed by atoms with van der Waals surface area (Å²) in [7, 11) is 0. The molecule has 0 saturated carbocycles. The van der Waals surface area contributed by atoms with Crippen molar-refractivity contribution in [3.05, 3.63) is 72.9 Å². The second-order valence-corrected chi connectivity index (χ2v) is 24.5. The van der Waals surface area contributed by atoms with Gasteiger partial charge in [0.1, 0.15) is 13.2 Å². The van der Waals surface area contributed by atoms with Crippen LogP contribution in [0.15, 0.2) is 72.9 Å². The van der Waals surface area contributed by atoms with Crippen LogP contribution >= 0.6 is 0 Å². The number of esters is 3. The second kappa shape index (κ2) is 71.3. The van der Waals surface area contributed by atoms with Gasteiger partial charge < -0.3 is 14.2 Å². The van der Waals surface area contributed by atoms with Gasteiger partial charge in [0.2, 0.25) is 0 Å². The summed E-state index contributed by atoms with van der Waals surface area (Å²) in [4.78, 5) is 38.5. The summed E-state index contributed by atoms with van der Waals surface area (Å²) in [6.07, 6.45) is 93.5. The monoisotopic (exact) mass is 1160 g/mol. The number of unbranched alkanes of at least 4 members (excludes halogenated alkanes) is 44. The molecule has 482 valence electrons. The summed E-state index contributed by atoms with van der Waals surface area (Å²) in [5.74, 6) is -0.861. The molecule has 6 nitrogen and oxygen atoms in total. The van der Waals surface area contributed by atoms with Crippen LogP contribution in [0.25, 0.3) is 0 Å². The maximum Gasteiger partial charge on any atom is 0.306 e. The first-order chi connectivity index (χ1) is 41.0. The molecule has 0 aromatic carbocycles. The first-order valence-electron chi connectivity index (χ1n) is 36.4. The van der Waals surface area contributed by atoms with Gasteiger partial charge in [-0.25, -0.2) is 0 Å². The molecular weight excluding hydrogens is 1020 g/mol. The number of carbonyl (C=O) groups is 3. The van der Waals surface area contributed by atoms with Gasteiger partial charge in [-0.2, -0.15) is 0 Å². The van der Waals surface area contributed by atoms with E-state index in [1.54, 1.807) is 0 Å². The zero-order valence-electron chi connectivity index (χ0n) is 55.5. The van der Waals surface area contributed by atoms with Crippen molar-refractivity contribution in [3.63, 3.8) is 0 Å². The minimum Gasteiger partial charge on any atom is -0.462 e. The zero-order chi connectivity index (χ0) is 59.9. The maximum absolute atomic E-state index is 13.0. The van der Waals surface area contributed by atoms with Crippen LogP contribution in [0.1, 0.15) is 380 Å². The third-order valence-corrected chi connectivity index (χ3v) is 16.2. The molecule has 0 aromatic heterocycles. The van der Waals surface area contributed by atoms with Gasteiger partial charge in [-0.3, -0.25) is 14.4 Å². The van der Waals surface area contributed by atoms with Crippen LogP contribution in [-0.4, -0.2) is 37.2 Å². The third kappa shape index (κ3) is 69.5. The van der Waals surface area contributed by atoms with Gasteiger partial charge in [0, 0.05) is 19.3 Å². The molecule has 0 rings (SSSR count). The summed E-state index contributed by atoms with van der Waals surface area (Å²) in [5.41, 5.74) is 0. The fourth-order valence-corrected chi connectivity index (χ4v) is 10.7. The topological polar surface area (TPSA) is 78.9 Å². The molecular formula is C77H138O6. The van der Waals surface area contributed by atoms with Crippen LogP contribution < -0.4 is 0 Å². The summed E-state index contributed by atoms with van der Waals surface area (Å²) in [6, 6.07) is 0. The van der Waals surface area contributed by atoms with Crippen LogP contribution in [0.3, 0.4) is 0 Å². The molecule has 0 saturated heterocycles. The Kier molecular flexibility index (Phi) is 68.6. The Labute approximate surface area is 516 Å². The van der Waals surface area contributed by atoms with E-state index in [9.17, 15) is 14.4 Å². The van der Waals surface area contributed by atoms with Gasteiger partial charge in [0.15, 0.2) is 6.10 Å². The van der Waals surface area contributed by atoms with Gasteiger partial charge in [0.05, 0.1) is 0 Å². The smallest absolute Gasteiger partial charge is 0.306 e. The fourth-order valence-electron chi connectivity index (χ4n) is 10.7. The van der Waals surface area contributed by atoms with Crippen molar-refractivity contribution in [2.45, 2.75) is 386 Å². The highest BCUT2D eigenvalue weighted by atomic mass is 16.6. The van der Waals surface area contributed by atoms with Crippen LogP contribution in [0, 0.1) is 0 Å². The fraction of sp³-hybridized carbons (Fsp3) is 0.805. The highest BCUT2D eigenvalue weighted by Crippen LogP contribution is 2.17. The number of allylic oxidation sites excluding steroid dienone is 12. The normalized spacial score (nSPS) is 12.5. The molecule has 0 aromatic rings. The molecule has 1 atom stereocenters. The van der Waals surface area contributed by atoms with E-state index in [1.165, 1.54) is 263 Å². The Balaban J connectivity index is 4.32. The summed E-state index contributed by atoms with van der Waals surface area (Å²) < 4.78 is 17.0. The van der Waals surface area contributed by atoms with Crippen molar-refractivity contribution in [2.75, 3.05) is 13.2 Å². The van der Waals surface area contributed by atoms with Gasteiger partial charge >= 0.3 is 17.9 Å². The highest BCUT2D eigenvalue weighted by molar-refractivity contribution is 5.71. The summed E-state index contributed by atoms with van der Waals surface area (Å²) in [6.45, 7) is 6.65. The lowest BCUT2D eigenvalue weighted by Gasteiger charge is -2.18. The van der Waals surface area contributed by atoms with Crippen molar-refractivity contribution < 1.29 is 28.6 Å². The second-order valence-electron chi connectivity index (χ2n) is 24.5. The summed E-state index contributed by atoms with van der Waals surface area (Å²) in [5, 5.41) is 0. The number of hydrogen-bond acceptors (Lipinski definition) is 6. The molecule has 1 unspecified atom stereocenters. The van der Waals surface area contributed by atoms with E-state index in [4.69, 9.17) is 14.2 Å². The first-order valence-corrected chi connectivity index (χ1v) is 36.4. The average molecular weight is 1160 g/mol. The predicted molar refractivity (Wildman–Crippen MR) is 362 cm³/mol. The van der Waals surface area contributed by atoms with Crippen molar-refractivity contribution in [3.8, 4) is 0 Å². The molecule has 0 N–H and O–H groups in total. The van der Waals surface area contributed by atoms with E-state index in [0.717, 1.165) is 77.0 Å². The Morgan fingerprint density at radius 1 is 0.241 bits per heavy atom. The van der Waals surface area contributed by atoms with E-state index in [-0.39, 0.29) is 31.1 Å². The Bertz CT molecular complexity index is 1520. The minimum absolute atomic E-state index is 0.0759. The van der Waals surface area contributed by atoms with Gasteiger partial charge in [-0.05, 0) is 116 Å². The Morgan fingerprint density at radius 3 is 0.711 bits per heavy atom. The van der Waals surface area contributed by atoms with E-state index >= 15 is 0 Å². The lowest BCUT2D eigenvalue weighted by atomic mass is 10.0. The van der Waals surface area contributed by atoms with E-state index in [1.807, 2.05) is 0 Å². The molecule has 0 bridgehead atoms. The molecule has 0 aliphatic heterocycles. The SMILES string of the molecule is CCCCC/C=C\C/C=C\CCCCCCCCCCCC(=O)OC(COC(=O)CCCCCCCCCCC/C=C\CCCCCCCC)COC(=O)CCCCCCCCCCCCCC/C=C\C/C=C\C/C=C\CCCCCCC. The van der Waals surface area contributed by atoms with Crippen LogP contribution in [0.2, 0.25) is 0 Å². The standard InChI is InChI=1S/C77H138O6/c1-4-7-10-13-16-19-22-25-28-31-34-35-36-37-38-39-40-41-44-46-49-52-55-58-61-64-67-70-76(79)82-73-74(83-77(80)71-68-65-62-59-56-53-50-47-43-33-30-27-24-21-18-15-12-9-6-3)72-81-75(78)69-66-63-60-57-54-51-48-45-42-32-29-26-23-20-17-14-11-8-5-2/h18,21-22,25-27,29-31,34,36-37,74H,4-17,19-20,23-24,28,32-33,35,38-73H2,1-3H3/b21-18-,25-22-,29-26-,30-27-,34-31-,37-36-. The van der Waals surface area contributed by atoms with E-state index < -0.39 is 6.10 Å². The molecule has 0 aliphatic carbocycles. The lowest BCUT2D eigenvalue weighted by molar-refractivity contribution is -0.167. The Hall–Kier alpha value is -3.15. The minimum atomic E-state index is -0.781. The largest absolute Gasteiger partial charge is 0.462 e. The number of carbonyl (C=O) groups excluding carboxylic acids is 3. The lowest BCUT2D eigenvalue weighted by Crippen LogP contribution is -2.30. The molecule has 0 heterocycles. The quantitative estimate of drug-likeness (QED) is 0.0261. The van der Waals surface area contributed by atoms with Gasteiger partial charge in [-0.1, -0.05) is 318 Å². The number of hydrogen-bond donors (Lipinski definition) is 0. The molecule has 0 amide bonds. The highest BCUT2D eigenvalue weighted by Gasteiger charge is 2.19. The summed E-state index contributed by atoms with van der Waals surface area (Å²) >= 11 is 0. The molecule has 0 radical (unpaired) electrons. The van der Waals surface area contributed by atoms with Crippen LogP contribution in [0.5, 0.6) is 0 Å². The Morgan fingerprint density at radius 2 is 0.434 bits per heavy atom. The van der Waals surface area contributed by atoms with Crippen molar-refractivity contribution >= 4 is 17.9 Å². The predicted octanol–water partition coefficient (Wildman–Crippen LogP) is 25.2. The third-order valence-electron chi connectivity index (χ3n) is 16.2. The number of rotatable bonds is 67. The van der Waals surface area contributed by atoms with Gasteiger partial charge in [-0.15, -0.1) is 0 Å². The van der Waals surface area contributed by atoms with Crippen molar-refractivity contribution in [1.29, 1.82) is 0 Å². The van der Waals surface area contributed by atoms with E-state index in [2.05, 4.69) is 93.7 Å². The molecule has 83 heavy (non-hydrogen) atoms. The molecule has 0 aliphatic rings. The average Bonchev–Trinajstić information content (AvgIpc) is 3.50. The maximum atomic E-state index is 13.0. The first kappa shape index (κ1) is 79.8. The zero-order valence-corrected chi connectivity index (χ0v) is 55.5. The van der Waals surface area contributed by atoms with E-state index in [0.29, 0.717) is 19.3 Å². The van der Waals surface area contributed by atoms with Crippen molar-refractivity contribution in [1.82, 2.24) is 0 Å².